The van der Waals surface area contributed by atoms with E-state index < -0.39 is 0 Å². The van der Waals surface area contributed by atoms with Gasteiger partial charge in [0.25, 0.3) is 0 Å². The third-order valence-electron chi connectivity index (χ3n) is 4.10. The number of hydrogen-bond donors (Lipinski definition) is 1. The summed E-state index contributed by atoms with van der Waals surface area (Å²) in [7, 11) is 5.83. The van der Waals surface area contributed by atoms with E-state index in [1.807, 2.05) is 4.68 Å². The first kappa shape index (κ1) is 16.6. The minimum absolute atomic E-state index is 0.0118. The summed E-state index contributed by atoms with van der Waals surface area (Å²) in [6, 6.07) is 0.0118. The Labute approximate surface area is 132 Å². The molecule has 0 spiro atoms. The van der Waals surface area contributed by atoms with Gasteiger partial charge in [0.05, 0.1) is 31.6 Å². The van der Waals surface area contributed by atoms with Crippen LogP contribution in [0.1, 0.15) is 31.0 Å². The molecular formula is C15H28N4OS. The highest BCUT2D eigenvalue weighted by Crippen LogP contribution is 2.33. The molecule has 120 valence electrons. The Balaban J connectivity index is 2.05. The molecule has 1 fully saturated rings. The molecule has 5 nitrogen and oxygen atoms in total. The first-order valence-electron chi connectivity index (χ1n) is 7.69. The fourth-order valence-corrected chi connectivity index (χ4v) is 4.04. The molecule has 0 saturated carbocycles. The van der Waals surface area contributed by atoms with E-state index in [9.17, 15) is 0 Å². The van der Waals surface area contributed by atoms with E-state index in [4.69, 9.17) is 10.5 Å². The SMILES string of the molecule is COc1cnn(CCN(C)C)c1C(N)CC1CCSCC1. The zero-order valence-corrected chi connectivity index (χ0v) is 14.2. The lowest BCUT2D eigenvalue weighted by molar-refractivity contribution is 0.346. The van der Waals surface area contributed by atoms with Crippen molar-refractivity contribution in [3.8, 4) is 5.75 Å². The number of hydrogen-bond acceptors (Lipinski definition) is 5. The van der Waals surface area contributed by atoms with Gasteiger partial charge in [-0.05, 0) is 50.8 Å². The normalized spacial score (nSPS) is 18.1. The quantitative estimate of drug-likeness (QED) is 0.834. The maximum absolute atomic E-state index is 6.49. The molecule has 1 saturated heterocycles. The van der Waals surface area contributed by atoms with Crippen LogP contribution in [0.15, 0.2) is 6.20 Å². The van der Waals surface area contributed by atoms with Crippen LogP contribution in [0.4, 0.5) is 0 Å². The molecule has 1 atom stereocenters. The van der Waals surface area contributed by atoms with E-state index in [1.165, 1.54) is 24.3 Å². The minimum atomic E-state index is 0.0118. The molecule has 0 aromatic carbocycles. The number of likely N-dealkylation sites (N-methyl/N-ethyl adjacent to an activating group) is 1. The lowest BCUT2D eigenvalue weighted by atomic mass is 9.93. The summed E-state index contributed by atoms with van der Waals surface area (Å²) >= 11 is 2.06. The number of thioether (sulfide) groups is 1. The van der Waals surface area contributed by atoms with Crippen LogP contribution >= 0.6 is 11.8 Å². The van der Waals surface area contributed by atoms with Crippen LogP contribution in [0.5, 0.6) is 5.75 Å². The third-order valence-corrected chi connectivity index (χ3v) is 5.15. The molecule has 0 amide bonds. The predicted molar refractivity (Wildman–Crippen MR) is 88.9 cm³/mol. The predicted octanol–water partition coefficient (Wildman–Crippen LogP) is 1.99. The van der Waals surface area contributed by atoms with E-state index in [0.717, 1.165) is 36.9 Å². The van der Waals surface area contributed by atoms with Gasteiger partial charge in [0.2, 0.25) is 0 Å². The summed E-state index contributed by atoms with van der Waals surface area (Å²) in [5.41, 5.74) is 7.55. The highest BCUT2D eigenvalue weighted by Gasteiger charge is 2.23. The smallest absolute Gasteiger partial charge is 0.161 e. The van der Waals surface area contributed by atoms with Crippen molar-refractivity contribution in [2.24, 2.45) is 11.7 Å². The third kappa shape index (κ3) is 4.63. The van der Waals surface area contributed by atoms with Gasteiger partial charge in [-0.1, -0.05) is 0 Å². The summed E-state index contributed by atoms with van der Waals surface area (Å²) in [6.07, 6.45) is 5.39. The molecule has 1 aromatic rings. The van der Waals surface area contributed by atoms with Crippen molar-refractivity contribution in [3.05, 3.63) is 11.9 Å². The highest BCUT2D eigenvalue weighted by molar-refractivity contribution is 7.99. The minimum Gasteiger partial charge on any atom is -0.493 e. The summed E-state index contributed by atoms with van der Waals surface area (Å²) < 4.78 is 7.48. The monoisotopic (exact) mass is 312 g/mol. The summed E-state index contributed by atoms with van der Waals surface area (Å²) in [5.74, 6) is 4.11. The van der Waals surface area contributed by atoms with Crippen LogP contribution in [-0.4, -0.2) is 53.9 Å². The molecule has 1 aliphatic rings. The topological polar surface area (TPSA) is 56.3 Å². The van der Waals surface area contributed by atoms with Gasteiger partial charge in [-0.2, -0.15) is 16.9 Å². The van der Waals surface area contributed by atoms with Gasteiger partial charge in [-0.3, -0.25) is 4.68 Å². The van der Waals surface area contributed by atoms with Crippen LogP contribution < -0.4 is 10.5 Å². The second kappa shape index (κ2) is 8.06. The average molecular weight is 312 g/mol. The number of aromatic nitrogens is 2. The zero-order chi connectivity index (χ0) is 15.2. The van der Waals surface area contributed by atoms with E-state index in [1.54, 1.807) is 13.3 Å². The van der Waals surface area contributed by atoms with Gasteiger partial charge in [-0.15, -0.1) is 0 Å². The van der Waals surface area contributed by atoms with Crippen molar-refractivity contribution in [1.82, 2.24) is 14.7 Å². The van der Waals surface area contributed by atoms with Crippen molar-refractivity contribution >= 4 is 11.8 Å². The lowest BCUT2D eigenvalue weighted by Gasteiger charge is -2.25. The molecule has 6 heteroatoms. The molecule has 1 unspecified atom stereocenters. The van der Waals surface area contributed by atoms with Crippen molar-refractivity contribution in [2.45, 2.75) is 31.8 Å². The number of rotatable bonds is 7. The van der Waals surface area contributed by atoms with Gasteiger partial charge in [-0.25, -0.2) is 0 Å². The number of nitrogens with two attached hydrogens (primary N) is 1. The Hall–Kier alpha value is -0.720. The van der Waals surface area contributed by atoms with Crippen LogP contribution in [0.2, 0.25) is 0 Å². The second-order valence-electron chi connectivity index (χ2n) is 6.02. The van der Waals surface area contributed by atoms with Crippen LogP contribution in [0, 0.1) is 5.92 Å². The number of nitrogens with zero attached hydrogens (tertiary/aromatic N) is 3. The first-order valence-corrected chi connectivity index (χ1v) is 8.85. The largest absolute Gasteiger partial charge is 0.493 e. The van der Waals surface area contributed by atoms with Gasteiger partial charge in [0.1, 0.15) is 0 Å². The molecule has 2 heterocycles. The Morgan fingerprint density at radius 3 is 2.81 bits per heavy atom. The van der Waals surface area contributed by atoms with Crippen molar-refractivity contribution in [2.75, 3.05) is 39.3 Å². The molecule has 0 bridgehead atoms. The molecule has 0 aliphatic carbocycles. The Morgan fingerprint density at radius 2 is 2.19 bits per heavy atom. The molecule has 0 radical (unpaired) electrons. The maximum atomic E-state index is 6.49. The Morgan fingerprint density at radius 1 is 1.48 bits per heavy atom. The first-order chi connectivity index (χ1) is 10.1. The fourth-order valence-electron chi connectivity index (χ4n) is 2.83. The van der Waals surface area contributed by atoms with Gasteiger partial charge < -0.3 is 15.4 Å². The van der Waals surface area contributed by atoms with Crippen LogP contribution in [0.3, 0.4) is 0 Å². The van der Waals surface area contributed by atoms with Gasteiger partial charge in [0, 0.05) is 6.54 Å². The summed E-state index contributed by atoms with van der Waals surface area (Å²) in [5, 5.41) is 4.45. The molecule has 1 aliphatic heterocycles. The van der Waals surface area contributed by atoms with Crippen molar-refractivity contribution in [3.63, 3.8) is 0 Å². The van der Waals surface area contributed by atoms with E-state index in [0.29, 0.717) is 0 Å². The second-order valence-corrected chi connectivity index (χ2v) is 7.25. The van der Waals surface area contributed by atoms with Crippen molar-refractivity contribution in [1.29, 1.82) is 0 Å². The van der Waals surface area contributed by atoms with Crippen LogP contribution in [0.25, 0.3) is 0 Å². The van der Waals surface area contributed by atoms with Gasteiger partial charge in [0.15, 0.2) is 5.75 Å². The summed E-state index contributed by atoms with van der Waals surface area (Å²) in [6.45, 7) is 1.80. The lowest BCUT2D eigenvalue weighted by Crippen LogP contribution is -2.25. The zero-order valence-electron chi connectivity index (χ0n) is 13.4. The Kier molecular flexibility index (Phi) is 6.39. The molecular weight excluding hydrogens is 284 g/mol. The Bertz CT molecular complexity index is 429. The fraction of sp³-hybridized carbons (Fsp3) is 0.800. The molecule has 2 N–H and O–H groups in total. The molecule has 2 rings (SSSR count). The van der Waals surface area contributed by atoms with Crippen LogP contribution in [-0.2, 0) is 6.54 Å². The highest BCUT2D eigenvalue weighted by atomic mass is 32.2. The van der Waals surface area contributed by atoms with E-state index in [-0.39, 0.29) is 6.04 Å². The van der Waals surface area contributed by atoms with E-state index in [2.05, 4.69) is 35.9 Å². The van der Waals surface area contributed by atoms with E-state index >= 15 is 0 Å². The molecule has 21 heavy (non-hydrogen) atoms. The number of methoxy groups -OCH3 is 1. The molecule has 1 aromatic heterocycles. The average Bonchev–Trinajstić information content (AvgIpc) is 2.89. The van der Waals surface area contributed by atoms with Gasteiger partial charge >= 0.3 is 0 Å². The van der Waals surface area contributed by atoms with Crippen molar-refractivity contribution < 1.29 is 4.74 Å². The number of ether oxygens (including phenoxy) is 1. The standard InChI is InChI=1S/C15H28N4OS/c1-18(2)6-7-19-15(14(20-3)11-17-19)13(16)10-12-4-8-21-9-5-12/h11-13H,4-10,16H2,1-3H3. The maximum Gasteiger partial charge on any atom is 0.161 e. The summed E-state index contributed by atoms with van der Waals surface area (Å²) in [4.78, 5) is 2.15.